The maximum atomic E-state index is 5.24. The molecule has 0 amide bonds. The van der Waals surface area contributed by atoms with E-state index < -0.39 is 0 Å². The van der Waals surface area contributed by atoms with Gasteiger partial charge in [0.1, 0.15) is 5.75 Å². The van der Waals surface area contributed by atoms with Crippen molar-refractivity contribution in [3.8, 4) is 5.75 Å². The first-order chi connectivity index (χ1) is 8.17. The second-order valence-electron chi connectivity index (χ2n) is 4.15. The Labute approximate surface area is 112 Å². The zero-order valence-corrected chi connectivity index (χ0v) is 12.4. The van der Waals surface area contributed by atoms with E-state index in [9.17, 15) is 0 Å². The minimum atomic E-state index is 0.909. The maximum Gasteiger partial charge on any atom is 0.119 e. The van der Waals surface area contributed by atoms with Gasteiger partial charge >= 0.3 is 0 Å². The van der Waals surface area contributed by atoms with Gasteiger partial charge in [-0.2, -0.15) is 0 Å². The van der Waals surface area contributed by atoms with E-state index in [2.05, 4.69) is 39.3 Å². The Morgan fingerprint density at radius 2 is 2.18 bits per heavy atom. The fourth-order valence-corrected chi connectivity index (χ4v) is 2.07. The van der Waals surface area contributed by atoms with Crippen molar-refractivity contribution in [2.75, 3.05) is 34.3 Å². The van der Waals surface area contributed by atoms with Crippen LogP contribution < -0.4 is 10.1 Å². The first kappa shape index (κ1) is 14.5. The molecule has 0 aliphatic rings. The van der Waals surface area contributed by atoms with Gasteiger partial charge in [-0.3, -0.25) is 0 Å². The molecular formula is C13H21BrN2O. The zero-order chi connectivity index (χ0) is 12.7. The summed E-state index contributed by atoms with van der Waals surface area (Å²) in [7, 11) is 5.82. The van der Waals surface area contributed by atoms with Crippen LogP contribution in [0.4, 0.5) is 0 Å². The fraction of sp³-hybridized carbons (Fsp3) is 0.538. The maximum absolute atomic E-state index is 5.24. The topological polar surface area (TPSA) is 24.5 Å². The molecule has 0 fully saturated rings. The van der Waals surface area contributed by atoms with Crippen LogP contribution in [0.5, 0.6) is 5.75 Å². The van der Waals surface area contributed by atoms with E-state index in [-0.39, 0.29) is 0 Å². The highest BCUT2D eigenvalue weighted by molar-refractivity contribution is 9.10. The molecule has 3 nitrogen and oxygen atoms in total. The summed E-state index contributed by atoms with van der Waals surface area (Å²) in [6.45, 7) is 3.08. The fourth-order valence-electron chi connectivity index (χ4n) is 1.69. The van der Waals surface area contributed by atoms with Crippen molar-refractivity contribution in [2.24, 2.45) is 0 Å². The number of hydrogen-bond donors (Lipinski definition) is 1. The van der Waals surface area contributed by atoms with Gasteiger partial charge in [-0.25, -0.2) is 0 Å². The first-order valence-corrected chi connectivity index (χ1v) is 6.62. The van der Waals surface area contributed by atoms with Gasteiger partial charge in [0.25, 0.3) is 0 Å². The Kier molecular flexibility index (Phi) is 6.55. The monoisotopic (exact) mass is 300 g/mol. The highest BCUT2D eigenvalue weighted by atomic mass is 79.9. The van der Waals surface area contributed by atoms with Crippen molar-refractivity contribution in [3.05, 3.63) is 28.2 Å². The summed E-state index contributed by atoms with van der Waals surface area (Å²) < 4.78 is 6.38. The predicted molar refractivity (Wildman–Crippen MR) is 75.6 cm³/mol. The first-order valence-electron chi connectivity index (χ1n) is 5.83. The lowest BCUT2D eigenvalue weighted by Gasteiger charge is -2.18. The average molecular weight is 301 g/mol. The Morgan fingerprint density at radius 3 is 2.82 bits per heavy atom. The highest BCUT2D eigenvalue weighted by Gasteiger charge is 2.05. The van der Waals surface area contributed by atoms with Gasteiger partial charge in [0, 0.05) is 11.0 Å². The van der Waals surface area contributed by atoms with E-state index in [1.807, 2.05) is 19.2 Å². The quantitative estimate of drug-likeness (QED) is 0.783. The standard InChI is InChI=1S/C13H21BrN2O/c1-15-7-4-8-16(2)10-11-9-12(17-3)5-6-13(11)14/h5-6,9,15H,4,7-8,10H2,1-3H3. The van der Waals surface area contributed by atoms with Gasteiger partial charge in [-0.15, -0.1) is 0 Å². The molecule has 96 valence electrons. The average Bonchev–Trinajstić information content (AvgIpc) is 2.32. The van der Waals surface area contributed by atoms with E-state index >= 15 is 0 Å². The number of nitrogens with zero attached hydrogens (tertiary/aromatic N) is 1. The van der Waals surface area contributed by atoms with Crippen LogP contribution in [0.1, 0.15) is 12.0 Å². The number of nitrogens with one attached hydrogen (secondary N) is 1. The summed E-state index contributed by atoms with van der Waals surface area (Å²) in [6, 6.07) is 6.09. The van der Waals surface area contributed by atoms with Crippen molar-refractivity contribution in [2.45, 2.75) is 13.0 Å². The smallest absolute Gasteiger partial charge is 0.119 e. The normalized spacial score (nSPS) is 10.9. The summed E-state index contributed by atoms with van der Waals surface area (Å²) in [5.74, 6) is 0.909. The summed E-state index contributed by atoms with van der Waals surface area (Å²) in [4.78, 5) is 2.32. The van der Waals surface area contributed by atoms with Crippen LogP contribution in [0.2, 0.25) is 0 Å². The zero-order valence-electron chi connectivity index (χ0n) is 10.8. The largest absolute Gasteiger partial charge is 0.497 e. The molecule has 0 aliphatic heterocycles. The molecule has 1 aromatic rings. The SMILES string of the molecule is CNCCCN(C)Cc1cc(OC)ccc1Br. The van der Waals surface area contributed by atoms with E-state index in [0.717, 1.165) is 36.3 Å². The molecule has 0 atom stereocenters. The van der Waals surface area contributed by atoms with Crippen molar-refractivity contribution < 1.29 is 4.74 Å². The number of hydrogen-bond acceptors (Lipinski definition) is 3. The van der Waals surface area contributed by atoms with E-state index in [4.69, 9.17) is 4.74 Å². The summed E-state index contributed by atoms with van der Waals surface area (Å²) >= 11 is 3.58. The number of benzene rings is 1. The molecule has 0 radical (unpaired) electrons. The molecule has 4 heteroatoms. The van der Waals surface area contributed by atoms with E-state index in [1.54, 1.807) is 7.11 Å². The molecule has 0 spiro atoms. The van der Waals surface area contributed by atoms with Crippen LogP contribution in [0.3, 0.4) is 0 Å². The minimum absolute atomic E-state index is 0.909. The van der Waals surface area contributed by atoms with Gasteiger partial charge in [0.05, 0.1) is 7.11 Å². The third kappa shape index (κ3) is 5.06. The lowest BCUT2D eigenvalue weighted by Crippen LogP contribution is -2.22. The van der Waals surface area contributed by atoms with E-state index in [1.165, 1.54) is 5.56 Å². The molecule has 0 saturated heterocycles. The number of methoxy groups -OCH3 is 1. The molecule has 0 heterocycles. The molecule has 0 unspecified atom stereocenters. The molecule has 1 N–H and O–H groups in total. The van der Waals surface area contributed by atoms with Gasteiger partial charge in [0.2, 0.25) is 0 Å². The molecule has 1 aromatic carbocycles. The molecule has 0 bridgehead atoms. The van der Waals surface area contributed by atoms with Gasteiger partial charge in [0.15, 0.2) is 0 Å². The van der Waals surface area contributed by atoms with Crippen LogP contribution in [-0.2, 0) is 6.54 Å². The van der Waals surface area contributed by atoms with Crippen LogP contribution in [0, 0.1) is 0 Å². The van der Waals surface area contributed by atoms with Gasteiger partial charge < -0.3 is 15.0 Å². The van der Waals surface area contributed by atoms with Crippen LogP contribution in [0.15, 0.2) is 22.7 Å². The summed E-state index contributed by atoms with van der Waals surface area (Å²) in [6.07, 6.45) is 1.16. The Balaban J connectivity index is 2.54. The molecule has 0 saturated carbocycles. The minimum Gasteiger partial charge on any atom is -0.497 e. The van der Waals surface area contributed by atoms with E-state index in [0.29, 0.717) is 0 Å². The molecule has 0 aliphatic carbocycles. The third-order valence-corrected chi connectivity index (χ3v) is 3.43. The Bertz CT molecular complexity index is 344. The third-order valence-electron chi connectivity index (χ3n) is 2.66. The van der Waals surface area contributed by atoms with Crippen LogP contribution in [0.25, 0.3) is 0 Å². The lowest BCUT2D eigenvalue weighted by atomic mass is 10.2. The lowest BCUT2D eigenvalue weighted by molar-refractivity contribution is 0.319. The van der Waals surface area contributed by atoms with Gasteiger partial charge in [-0.1, -0.05) is 15.9 Å². The molecule has 17 heavy (non-hydrogen) atoms. The predicted octanol–water partition coefficient (Wildman–Crippen LogP) is 2.50. The molecule has 0 aromatic heterocycles. The number of rotatable bonds is 7. The van der Waals surface area contributed by atoms with Crippen LogP contribution in [-0.4, -0.2) is 39.2 Å². The van der Waals surface area contributed by atoms with Crippen molar-refractivity contribution in [1.82, 2.24) is 10.2 Å². The van der Waals surface area contributed by atoms with Gasteiger partial charge in [-0.05, 0) is 57.4 Å². The van der Waals surface area contributed by atoms with Crippen LogP contribution >= 0.6 is 15.9 Å². The highest BCUT2D eigenvalue weighted by Crippen LogP contribution is 2.23. The summed E-state index contributed by atoms with van der Waals surface area (Å²) in [5.41, 5.74) is 1.26. The number of ether oxygens (including phenoxy) is 1. The number of halogens is 1. The second-order valence-corrected chi connectivity index (χ2v) is 5.01. The Hall–Kier alpha value is -0.580. The van der Waals surface area contributed by atoms with Crippen molar-refractivity contribution in [1.29, 1.82) is 0 Å². The second kappa shape index (κ2) is 7.69. The Morgan fingerprint density at radius 1 is 1.41 bits per heavy atom. The van der Waals surface area contributed by atoms with Crippen molar-refractivity contribution in [3.63, 3.8) is 0 Å². The molecule has 1 rings (SSSR count). The molecular weight excluding hydrogens is 280 g/mol. The van der Waals surface area contributed by atoms with Crippen molar-refractivity contribution >= 4 is 15.9 Å². The summed E-state index contributed by atoms with van der Waals surface area (Å²) in [5, 5.41) is 3.16.